The second-order valence-corrected chi connectivity index (χ2v) is 9.61. The fourth-order valence-electron chi connectivity index (χ4n) is 3.10. The van der Waals surface area contributed by atoms with Gasteiger partial charge in [-0.3, -0.25) is 4.55 Å². The van der Waals surface area contributed by atoms with Gasteiger partial charge in [0.05, 0.1) is 12.2 Å². The summed E-state index contributed by atoms with van der Waals surface area (Å²) in [6, 6.07) is 0. The van der Waals surface area contributed by atoms with Crippen molar-refractivity contribution in [3.63, 3.8) is 0 Å². The number of carbonyl (C=O) groups excluding carboxylic acids is 2. The van der Waals surface area contributed by atoms with Crippen molar-refractivity contribution in [3.05, 3.63) is 0 Å². The van der Waals surface area contributed by atoms with E-state index in [9.17, 15) is 35.6 Å². The molecule has 0 aliphatic carbocycles. The fourth-order valence-corrected chi connectivity index (χ4v) is 3.69. The van der Waals surface area contributed by atoms with Crippen LogP contribution >= 0.6 is 0 Å². The molecule has 30 heavy (non-hydrogen) atoms. The lowest BCUT2D eigenvalue weighted by Gasteiger charge is -2.42. The third kappa shape index (κ3) is 4.88. The van der Waals surface area contributed by atoms with Gasteiger partial charge in [0.2, 0.25) is 0 Å². The average molecular weight is 466 g/mol. The Hall–Kier alpha value is -1.47. The van der Waals surface area contributed by atoms with Crippen LogP contribution in [0.1, 0.15) is 48.0 Å². The molecule has 1 saturated heterocycles. The summed E-state index contributed by atoms with van der Waals surface area (Å²) in [5, 5.41) is -5.87. The summed E-state index contributed by atoms with van der Waals surface area (Å²) >= 11 is 0. The fraction of sp³-hybridized carbons (Fsp3) is 0.882. The Balaban J connectivity index is 3.42. The van der Waals surface area contributed by atoms with E-state index < -0.39 is 75.4 Å². The third-order valence-corrected chi connectivity index (χ3v) is 5.67. The number of ether oxygens (including phenoxy) is 3. The van der Waals surface area contributed by atoms with E-state index >= 15 is 0 Å². The average Bonchev–Trinajstić information content (AvgIpc) is 2.98. The monoisotopic (exact) mass is 466 g/mol. The number of rotatable bonds is 8. The Bertz CT molecular complexity index is 764. The lowest BCUT2D eigenvalue weighted by atomic mass is 9.69. The molecule has 0 radical (unpaired) electrons. The van der Waals surface area contributed by atoms with E-state index in [0.717, 1.165) is 0 Å². The molecule has 0 saturated carbocycles. The summed E-state index contributed by atoms with van der Waals surface area (Å²) in [6.07, 6.45) is -5.40. The number of carbonyl (C=O) groups is 2. The molecule has 1 N–H and O–H groups in total. The molecule has 0 spiro atoms. The first-order chi connectivity index (χ1) is 13.3. The molecule has 0 amide bonds. The van der Waals surface area contributed by atoms with Gasteiger partial charge < -0.3 is 14.2 Å². The molecule has 176 valence electrons. The molecule has 0 aromatic carbocycles. The summed E-state index contributed by atoms with van der Waals surface area (Å²) in [5.41, 5.74) is -2.94. The smallest absolute Gasteiger partial charge is 0.432 e. The first kappa shape index (κ1) is 26.6. The maximum absolute atomic E-state index is 14.8. The van der Waals surface area contributed by atoms with Gasteiger partial charge in [-0.2, -0.15) is 26.0 Å². The summed E-state index contributed by atoms with van der Waals surface area (Å²) in [7, 11) is -6.51. The Labute approximate surface area is 172 Å². The summed E-state index contributed by atoms with van der Waals surface area (Å²) < 4.78 is 103. The molecule has 13 heteroatoms. The van der Waals surface area contributed by atoms with Crippen LogP contribution in [0.3, 0.4) is 0 Å². The van der Waals surface area contributed by atoms with E-state index in [0.29, 0.717) is 13.8 Å². The van der Waals surface area contributed by atoms with Gasteiger partial charge in [0, 0.05) is 11.3 Å². The molecule has 0 aromatic heterocycles. The van der Waals surface area contributed by atoms with E-state index in [-0.39, 0.29) is 0 Å². The number of alkyl halides is 4. The van der Waals surface area contributed by atoms with Crippen molar-refractivity contribution in [2.45, 2.75) is 83.6 Å². The van der Waals surface area contributed by atoms with Crippen molar-refractivity contribution >= 4 is 22.1 Å². The highest BCUT2D eigenvalue weighted by atomic mass is 32.2. The van der Waals surface area contributed by atoms with Gasteiger partial charge in [0.25, 0.3) is 0 Å². The van der Waals surface area contributed by atoms with Crippen molar-refractivity contribution in [3.8, 4) is 0 Å². The number of hydrogen-bond donors (Lipinski definition) is 1. The van der Waals surface area contributed by atoms with Crippen LogP contribution in [0.4, 0.5) is 17.6 Å². The van der Waals surface area contributed by atoms with Crippen molar-refractivity contribution in [2.24, 2.45) is 11.3 Å². The number of hydrogen-bond acceptors (Lipinski definition) is 7. The second-order valence-electron chi connectivity index (χ2n) is 8.15. The summed E-state index contributed by atoms with van der Waals surface area (Å²) in [5.74, 6) is -9.32. The van der Waals surface area contributed by atoms with Crippen molar-refractivity contribution in [2.75, 3.05) is 0 Å². The number of halogens is 4. The van der Waals surface area contributed by atoms with E-state index in [1.165, 1.54) is 27.7 Å². The van der Waals surface area contributed by atoms with Gasteiger partial charge in [0.1, 0.15) is 0 Å². The van der Waals surface area contributed by atoms with Crippen LogP contribution in [0.15, 0.2) is 0 Å². The molecule has 1 aliphatic heterocycles. The predicted molar refractivity (Wildman–Crippen MR) is 94.4 cm³/mol. The lowest BCUT2D eigenvalue weighted by Crippen LogP contribution is -2.59. The minimum absolute atomic E-state index is 0.589. The first-order valence-corrected chi connectivity index (χ1v) is 10.5. The molecular formula is C17H26F4O8S. The minimum atomic E-state index is -6.51. The highest BCUT2D eigenvalue weighted by Gasteiger charge is 2.75. The van der Waals surface area contributed by atoms with E-state index in [1.807, 2.05) is 0 Å². The molecule has 0 bridgehead atoms. The van der Waals surface area contributed by atoms with Crippen LogP contribution in [-0.2, 0) is 33.9 Å². The van der Waals surface area contributed by atoms with E-state index in [1.54, 1.807) is 0 Å². The maximum Gasteiger partial charge on any atom is 0.432 e. The highest BCUT2D eigenvalue weighted by molar-refractivity contribution is 7.87. The zero-order valence-corrected chi connectivity index (χ0v) is 18.1. The van der Waals surface area contributed by atoms with Crippen LogP contribution in [0.2, 0.25) is 0 Å². The van der Waals surface area contributed by atoms with E-state index in [2.05, 4.69) is 0 Å². The molecule has 3 unspecified atom stereocenters. The first-order valence-electron chi connectivity index (χ1n) is 9.06. The van der Waals surface area contributed by atoms with Crippen LogP contribution in [0.5, 0.6) is 0 Å². The summed E-state index contributed by atoms with van der Waals surface area (Å²) in [6.45, 7) is 7.06. The minimum Gasteiger partial charge on any atom is -0.461 e. The molecule has 1 fully saturated rings. The van der Waals surface area contributed by atoms with Crippen molar-refractivity contribution in [1.82, 2.24) is 0 Å². The Kier molecular flexibility index (Phi) is 7.60. The van der Waals surface area contributed by atoms with Crippen LogP contribution in [0, 0.1) is 11.3 Å². The summed E-state index contributed by atoms with van der Waals surface area (Å²) in [4.78, 5) is 24.5. The third-order valence-electron chi connectivity index (χ3n) is 4.77. The largest absolute Gasteiger partial charge is 0.461 e. The molecule has 3 atom stereocenters. The normalized spacial score (nSPS) is 23.7. The molecular weight excluding hydrogens is 440 g/mol. The molecule has 8 nitrogen and oxygen atoms in total. The SMILES string of the molecule is CC(C)OC(=O)C1CC(C(C)(C)C(F)(F)C(F)(F)S(=O)(=O)O)C(C(=O)OC(C)C)O1. The second kappa shape index (κ2) is 8.58. The van der Waals surface area contributed by atoms with E-state index in [4.69, 9.17) is 18.8 Å². The lowest BCUT2D eigenvalue weighted by molar-refractivity contribution is -0.241. The maximum atomic E-state index is 14.8. The Morgan fingerprint density at radius 2 is 1.43 bits per heavy atom. The van der Waals surface area contributed by atoms with Gasteiger partial charge >= 0.3 is 33.2 Å². The van der Waals surface area contributed by atoms with Gasteiger partial charge in [-0.05, 0) is 34.1 Å². The van der Waals surface area contributed by atoms with Gasteiger partial charge in [-0.25, -0.2) is 9.59 Å². The predicted octanol–water partition coefficient (Wildman–Crippen LogP) is 2.81. The molecule has 1 aliphatic rings. The van der Waals surface area contributed by atoms with Crippen LogP contribution < -0.4 is 0 Å². The Morgan fingerprint density at radius 1 is 1.00 bits per heavy atom. The van der Waals surface area contributed by atoms with Crippen molar-refractivity contribution < 1.29 is 54.3 Å². The van der Waals surface area contributed by atoms with Gasteiger partial charge in [-0.15, -0.1) is 0 Å². The van der Waals surface area contributed by atoms with Gasteiger partial charge in [0.15, 0.2) is 12.2 Å². The van der Waals surface area contributed by atoms with Gasteiger partial charge in [-0.1, -0.05) is 13.8 Å². The Morgan fingerprint density at radius 3 is 1.83 bits per heavy atom. The van der Waals surface area contributed by atoms with Crippen LogP contribution in [0.25, 0.3) is 0 Å². The quantitative estimate of drug-likeness (QED) is 0.330. The topological polar surface area (TPSA) is 116 Å². The standard InChI is InChI=1S/C17H26F4O8S/c1-8(2)27-13(22)11-7-10(12(29-11)14(23)28-9(3)4)15(5,6)16(18,19)17(20,21)30(24,25)26/h8-12H,7H2,1-6H3,(H,24,25,26). The molecule has 1 rings (SSSR count). The highest BCUT2D eigenvalue weighted by Crippen LogP contribution is 2.56. The van der Waals surface area contributed by atoms with Crippen LogP contribution in [-0.4, -0.2) is 60.5 Å². The number of esters is 2. The molecule has 0 aromatic rings. The molecule has 1 heterocycles. The van der Waals surface area contributed by atoms with Crippen molar-refractivity contribution in [1.29, 1.82) is 0 Å². The zero-order chi connectivity index (χ0) is 23.9. The zero-order valence-electron chi connectivity index (χ0n) is 17.3.